The third kappa shape index (κ3) is 4.17. The predicted molar refractivity (Wildman–Crippen MR) is 107 cm³/mol. The Balaban J connectivity index is 1.32. The summed E-state index contributed by atoms with van der Waals surface area (Å²) in [5.74, 6) is -0.438. The van der Waals surface area contributed by atoms with Crippen LogP contribution in [0.2, 0.25) is 0 Å². The van der Waals surface area contributed by atoms with Gasteiger partial charge in [0.1, 0.15) is 23.6 Å². The van der Waals surface area contributed by atoms with Crippen molar-refractivity contribution in [3.63, 3.8) is 0 Å². The number of oxazole rings is 1. The lowest BCUT2D eigenvalue weighted by atomic mass is 9.82. The maximum atomic E-state index is 13.9. The monoisotopic (exact) mass is 410 g/mol. The van der Waals surface area contributed by atoms with Gasteiger partial charge in [-0.05, 0) is 43.9 Å². The Morgan fingerprint density at radius 1 is 1.20 bits per heavy atom. The highest BCUT2D eigenvalue weighted by Gasteiger charge is 2.31. The molecule has 2 aromatic heterocycles. The largest absolute Gasteiger partial charge is 0.451 e. The molecular weight excluding hydrogens is 387 g/mol. The molecule has 0 radical (unpaired) electrons. The van der Waals surface area contributed by atoms with Crippen molar-refractivity contribution in [2.75, 3.05) is 7.05 Å². The van der Waals surface area contributed by atoms with Crippen molar-refractivity contribution in [3.05, 3.63) is 66.4 Å². The lowest BCUT2D eigenvalue weighted by Crippen LogP contribution is -2.40. The Labute approximate surface area is 173 Å². The zero-order chi connectivity index (χ0) is 21.1. The summed E-state index contributed by atoms with van der Waals surface area (Å²) in [6, 6.07) is 8.23. The second-order valence-electron chi connectivity index (χ2n) is 7.64. The van der Waals surface area contributed by atoms with E-state index in [9.17, 15) is 14.0 Å². The predicted octanol–water partition coefficient (Wildman–Crippen LogP) is 3.44. The minimum atomic E-state index is -0.360. The van der Waals surface area contributed by atoms with Gasteiger partial charge in [-0.2, -0.15) is 5.10 Å². The molecule has 0 aliphatic heterocycles. The summed E-state index contributed by atoms with van der Waals surface area (Å²) < 4.78 is 20.3. The zero-order valence-electron chi connectivity index (χ0n) is 16.7. The Bertz CT molecular complexity index is 1020. The van der Waals surface area contributed by atoms with Gasteiger partial charge in [0.25, 0.3) is 5.91 Å². The van der Waals surface area contributed by atoms with E-state index in [0.29, 0.717) is 17.1 Å². The van der Waals surface area contributed by atoms with E-state index in [-0.39, 0.29) is 35.9 Å². The van der Waals surface area contributed by atoms with E-state index in [2.05, 4.69) is 10.1 Å². The van der Waals surface area contributed by atoms with E-state index >= 15 is 0 Å². The van der Waals surface area contributed by atoms with Crippen LogP contribution in [0.3, 0.4) is 0 Å². The number of carbonyl (C=O) groups is 2. The molecule has 1 aliphatic carbocycles. The van der Waals surface area contributed by atoms with Crippen LogP contribution in [0.1, 0.15) is 41.9 Å². The number of para-hydroxylation sites is 1. The highest BCUT2D eigenvalue weighted by atomic mass is 19.1. The van der Waals surface area contributed by atoms with Crippen LogP contribution in [0.5, 0.6) is 0 Å². The van der Waals surface area contributed by atoms with Gasteiger partial charge in [-0.15, -0.1) is 0 Å². The molecule has 1 aliphatic rings. The number of halogens is 1. The number of amides is 1. The van der Waals surface area contributed by atoms with Crippen LogP contribution in [-0.4, -0.2) is 44.4 Å². The number of rotatable bonds is 6. The van der Waals surface area contributed by atoms with Gasteiger partial charge < -0.3 is 9.32 Å². The van der Waals surface area contributed by atoms with Gasteiger partial charge in [0.15, 0.2) is 12.1 Å². The van der Waals surface area contributed by atoms with Crippen molar-refractivity contribution in [2.24, 2.45) is 5.92 Å². The minimum Gasteiger partial charge on any atom is -0.451 e. The number of Topliss-reactive ketones (excluding diaryl/α,β-unsaturated/α-hetero) is 1. The summed E-state index contributed by atoms with van der Waals surface area (Å²) in [5, 5.41) is 4.36. The number of hydrogen-bond donors (Lipinski definition) is 0. The standard InChI is InChI=1S/C22H23FN4O3/c1-26(22(29)19-13-30-14-24-19)17-8-6-15(7-9-17)21(28)12-16-10-11-27(25-16)20-5-3-2-4-18(20)23/h2-5,10-11,13-15,17H,6-9,12H2,1H3. The average Bonchev–Trinajstić information content (AvgIpc) is 3.45. The van der Waals surface area contributed by atoms with E-state index in [0.717, 1.165) is 25.7 Å². The van der Waals surface area contributed by atoms with Crippen molar-refractivity contribution in [3.8, 4) is 5.69 Å². The minimum absolute atomic E-state index is 0.0459. The Morgan fingerprint density at radius 2 is 1.97 bits per heavy atom. The lowest BCUT2D eigenvalue weighted by molar-refractivity contribution is -0.123. The highest BCUT2D eigenvalue weighted by Crippen LogP contribution is 2.29. The van der Waals surface area contributed by atoms with Gasteiger partial charge in [0, 0.05) is 25.2 Å². The summed E-state index contributed by atoms with van der Waals surface area (Å²) in [6.07, 6.45) is 7.47. The Hall–Kier alpha value is -3.29. The molecule has 7 nitrogen and oxygen atoms in total. The molecule has 0 saturated heterocycles. The third-order valence-electron chi connectivity index (χ3n) is 5.77. The summed E-state index contributed by atoms with van der Waals surface area (Å²) in [4.78, 5) is 30.8. The van der Waals surface area contributed by atoms with Crippen molar-refractivity contribution in [1.29, 1.82) is 0 Å². The number of carbonyl (C=O) groups excluding carboxylic acids is 2. The van der Waals surface area contributed by atoms with E-state index in [1.54, 1.807) is 42.4 Å². The zero-order valence-corrected chi connectivity index (χ0v) is 16.7. The van der Waals surface area contributed by atoms with Gasteiger partial charge in [0.2, 0.25) is 0 Å². The van der Waals surface area contributed by atoms with Crippen LogP contribution in [0.4, 0.5) is 4.39 Å². The van der Waals surface area contributed by atoms with Gasteiger partial charge in [-0.1, -0.05) is 12.1 Å². The first-order valence-corrected chi connectivity index (χ1v) is 10.0. The summed E-state index contributed by atoms with van der Waals surface area (Å²) in [6.45, 7) is 0. The number of hydrogen-bond acceptors (Lipinski definition) is 5. The second-order valence-corrected chi connectivity index (χ2v) is 7.64. The third-order valence-corrected chi connectivity index (χ3v) is 5.77. The second kappa shape index (κ2) is 8.61. The summed E-state index contributed by atoms with van der Waals surface area (Å²) in [5.41, 5.74) is 1.28. The maximum absolute atomic E-state index is 13.9. The quantitative estimate of drug-likeness (QED) is 0.622. The smallest absolute Gasteiger partial charge is 0.275 e. The van der Waals surface area contributed by atoms with Crippen LogP contribution >= 0.6 is 0 Å². The number of ketones is 1. The summed E-state index contributed by atoms with van der Waals surface area (Å²) in [7, 11) is 1.76. The average molecular weight is 410 g/mol. The summed E-state index contributed by atoms with van der Waals surface area (Å²) >= 11 is 0. The molecule has 0 atom stereocenters. The van der Waals surface area contributed by atoms with E-state index < -0.39 is 0 Å². The van der Waals surface area contributed by atoms with Crippen LogP contribution in [0.25, 0.3) is 5.69 Å². The lowest BCUT2D eigenvalue weighted by Gasteiger charge is -2.33. The molecule has 1 saturated carbocycles. The molecular formula is C22H23FN4O3. The van der Waals surface area contributed by atoms with Crippen molar-refractivity contribution < 1.29 is 18.4 Å². The molecule has 2 heterocycles. The maximum Gasteiger partial charge on any atom is 0.275 e. The fraction of sp³-hybridized carbons (Fsp3) is 0.364. The topological polar surface area (TPSA) is 81.2 Å². The first-order chi connectivity index (χ1) is 14.5. The first kappa shape index (κ1) is 20.0. The molecule has 8 heteroatoms. The fourth-order valence-corrected chi connectivity index (χ4v) is 4.00. The molecule has 0 unspecified atom stereocenters. The molecule has 4 rings (SSSR count). The number of benzene rings is 1. The molecule has 0 N–H and O–H groups in total. The van der Waals surface area contributed by atoms with Crippen molar-refractivity contribution in [1.82, 2.24) is 19.7 Å². The van der Waals surface area contributed by atoms with Gasteiger partial charge in [-0.3, -0.25) is 9.59 Å². The van der Waals surface area contributed by atoms with Crippen LogP contribution in [-0.2, 0) is 11.2 Å². The SMILES string of the molecule is CN(C(=O)c1cocn1)C1CCC(C(=O)Cc2ccn(-c3ccccc3F)n2)CC1. The van der Waals surface area contributed by atoms with E-state index in [4.69, 9.17) is 4.42 Å². The van der Waals surface area contributed by atoms with E-state index in [1.165, 1.54) is 23.4 Å². The van der Waals surface area contributed by atoms with Crippen molar-refractivity contribution >= 4 is 11.7 Å². The Kier molecular flexibility index (Phi) is 5.74. The molecule has 0 bridgehead atoms. The van der Waals surface area contributed by atoms with Gasteiger partial charge in [-0.25, -0.2) is 14.1 Å². The molecule has 1 aromatic carbocycles. The van der Waals surface area contributed by atoms with Crippen LogP contribution in [0.15, 0.2) is 53.6 Å². The molecule has 1 fully saturated rings. The number of aromatic nitrogens is 3. The highest BCUT2D eigenvalue weighted by molar-refractivity contribution is 5.92. The normalized spacial score (nSPS) is 18.9. The first-order valence-electron chi connectivity index (χ1n) is 10.0. The molecule has 156 valence electrons. The molecule has 1 amide bonds. The molecule has 30 heavy (non-hydrogen) atoms. The van der Waals surface area contributed by atoms with Crippen molar-refractivity contribution in [2.45, 2.75) is 38.1 Å². The van der Waals surface area contributed by atoms with E-state index in [1.807, 2.05) is 0 Å². The fourth-order valence-electron chi connectivity index (χ4n) is 4.00. The number of nitrogens with zero attached hydrogens (tertiary/aromatic N) is 4. The molecule has 0 spiro atoms. The Morgan fingerprint density at radius 3 is 2.67 bits per heavy atom. The molecule has 3 aromatic rings. The van der Waals surface area contributed by atoms with Gasteiger partial charge >= 0.3 is 0 Å². The van der Waals surface area contributed by atoms with Crippen LogP contribution in [0, 0.1) is 11.7 Å². The van der Waals surface area contributed by atoms with Gasteiger partial charge in [0.05, 0.1) is 12.1 Å². The van der Waals surface area contributed by atoms with Crippen LogP contribution < -0.4 is 0 Å².